The summed E-state index contributed by atoms with van der Waals surface area (Å²) in [5.41, 5.74) is 0.419. The Kier molecular flexibility index (Phi) is 9.42. The van der Waals surface area contributed by atoms with Crippen molar-refractivity contribution in [2.75, 3.05) is 47.1 Å². The third-order valence-corrected chi connectivity index (χ3v) is 4.32. The van der Waals surface area contributed by atoms with Crippen molar-refractivity contribution in [3.8, 4) is 0 Å². The highest BCUT2D eigenvalue weighted by Crippen LogP contribution is 2.43. The highest BCUT2D eigenvalue weighted by atomic mass is 16.5. The van der Waals surface area contributed by atoms with E-state index in [-0.39, 0.29) is 0 Å². The van der Waals surface area contributed by atoms with E-state index in [2.05, 4.69) is 15.6 Å². The normalized spacial score (nSPS) is 17.4. The van der Waals surface area contributed by atoms with Gasteiger partial charge in [-0.1, -0.05) is 6.42 Å². The van der Waals surface area contributed by atoms with Crippen LogP contribution in [0.1, 0.15) is 45.4 Å². The van der Waals surface area contributed by atoms with Gasteiger partial charge in [0.1, 0.15) is 0 Å². The molecule has 0 unspecified atom stereocenters. The minimum Gasteiger partial charge on any atom is -0.385 e. The van der Waals surface area contributed by atoms with Crippen LogP contribution in [0.25, 0.3) is 0 Å². The smallest absolute Gasteiger partial charge is 0.190 e. The largest absolute Gasteiger partial charge is 0.385 e. The van der Waals surface area contributed by atoms with E-state index in [1.165, 1.54) is 19.3 Å². The Bertz CT molecular complexity index is 291. The van der Waals surface area contributed by atoms with Gasteiger partial charge in [-0.05, 0) is 44.4 Å². The molecule has 0 aliphatic heterocycles. The monoisotopic (exact) mass is 299 g/mol. The van der Waals surface area contributed by atoms with Crippen LogP contribution in [0.4, 0.5) is 0 Å². The zero-order valence-corrected chi connectivity index (χ0v) is 14.0. The van der Waals surface area contributed by atoms with Gasteiger partial charge in [0.05, 0.1) is 0 Å². The second-order valence-corrected chi connectivity index (χ2v) is 5.85. The molecular formula is C16H33N3O2. The fourth-order valence-electron chi connectivity index (χ4n) is 2.68. The van der Waals surface area contributed by atoms with E-state index >= 15 is 0 Å². The fraction of sp³-hybridized carbons (Fsp3) is 0.938. The number of ether oxygens (including phenoxy) is 2. The molecule has 0 aromatic rings. The van der Waals surface area contributed by atoms with Crippen molar-refractivity contribution >= 4 is 5.96 Å². The average molecular weight is 299 g/mol. The van der Waals surface area contributed by atoms with Gasteiger partial charge < -0.3 is 20.1 Å². The molecule has 124 valence electrons. The Balaban J connectivity index is 2.15. The summed E-state index contributed by atoms with van der Waals surface area (Å²) < 4.78 is 10.6. The molecule has 1 aliphatic carbocycles. The number of aliphatic imine (C=N–C) groups is 1. The highest BCUT2D eigenvalue weighted by Gasteiger charge is 2.36. The zero-order valence-electron chi connectivity index (χ0n) is 14.0. The van der Waals surface area contributed by atoms with Gasteiger partial charge in [0.15, 0.2) is 5.96 Å². The van der Waals surface area contributed by atoms with Crippen LogP contribution in [0.3, 0.4) is 0 Å². The van der Waals surface area contributed by atoms with Gasteiger partial charge in [-0.25, -0.2) is 0 Å². The molecule has 5 heteroatoms. The Morgan fingerprint density at radius 2 is 2.00 bits per heavy atom. The van der Waals surface area contributed by atoms with Crippen molar-refractivity contribution in [3.05, 3.63) is 0 Å². The zero-order chi connectivity index (χ0) is 15.4. The number of unbranched alkanes of at least 4 members (excludes halogenated alkanes) is 1. The van der Waals surface area contributed by atoms with Crippen LogP contribution in [0.15, 0.2) is 4.99 Å². The molecule has 0 radical (unpaired) electrons. The summed E-state index contributed by atoms with van der Waals surface area (Å²) in [6.45, 7) is 6.48. The molecule has 1 aliphatic rings. The maximum absolute atomic E-state index is 5.33. The number of hydrogen-bond donors (Lipinski definition) is 2. The van der Waals surface area contributed by atoms with Crippen LogP contribution in [-0.2, 0) is 9.47 Å². The van der Waals surface area contributed by atoms with Crippen LogP contribution in [0.2, 0.25) is 0 Å². The van der Waals surface area contributed by atoms with E-state index in [1.54, 1.807) is 7.11 Å². The predicted octanol–water partition coefficient (Wildman–Crippen LogP) is 2.17. The van der Waals surface area contributed by atoms with Crippen LogP contribution in [0.5, 0.6) is 0 Å². The van der Waals surface area contributed by atoms with Crippen molar-refractivity contribution in [3.63, 3.8) is 0 Å². The minimum absolute atomic E-state index is 0.419. The average Bonchev–Trinajstić information content (AvgIpc) is 2.47. The molecule has 0 saturated heterocycles. The van der Waals surface area contributed by atoms with E-state index in [4.69, 9.17) is 9.47 Å². The summed E-state index contributed by atoms with van der Waals surface area (Å²) in [6, 6.07) is 0. The van der Waals surface area contributed by atoms with Gasteiger partial charge in [0.25, 0.3) is 0 Å². The van der Waals surface area contributed by atoms with E-state index in [0.29, 0.717) is 5.41 Å². The molecule has 2 N–H and O–H groups in total. The molecule has 0 heterocycles. The molecule has 0 aromatic heterocycles. The van der Waals surface area contributed by atoms with Crippen LogP contribution in [0, 0.1) is 5.41 Å². The standard InChI is InChI=1S/C16H33N3O2/c1-4-21-12-6-5-11-18-15(17-2)19-14-16(8-7-9-16)10-13-20-3/h4-14H2,1-3H3,(H2,17,18,19). The first-order chi connectivity index (χ1) is 10.3. The third kappa shape index (κ3) is 7.14. The SMILES string of the molecule is CCOCCCCNC(=NC)NCC1(CCOC)CCC1. The number of nitrogens with zero attached hydrogens (tertiary/aromatic N) is 1. The van der Waals surface area contributed by atoms with Gasteiger partial charge in [0.2, 0.25) is 0 Å². The Morgan fingerprint density at radius 1 is 1.19 bits per heavy atom. The van der Waals surface area contributed by atoms with Gasteiger partial charge in [-0.15, -0.1) is 0 Å². The maximum Gasteiger partial charge on any atom is 0.190 e. The molecular weight excluding hydrogens is 266 g/mol. The van der Waals surface area contributed by atoms with Crippen LogP contribution < -0.4 is 10.6 Å². The Hall–Kier alpha value is -0.810. The molecule has 0 atom stereocenters. The summed E-state index contributed by atoms with van der Waals surface area (Å²) in [7, 11) is 3.61. The topological polar surface area (TPSA) is 54.9 Å². The van der Waals surface area contributed by atoms with Crippen LogP contribution in [-0.4, -0.2) is 53.0 Å². The summed E-state index contributed by atoms with van der Waals surface area (Å²) in [4.78, 5) is 4.30. The molecule has 21 heavy (non-hydrogen) atoms. The van der Waals surface area contributed by atoms with Gasteiger partial charge in [-0.3, -0.25) is 4.99 Å². The predicted molar refractivity (Wildman–Crippen MR) is 87.9 cm³/mol. The molecule has 0 bridgehead atoms. The Morgan fingerprint density at radius 3 is 2.57 bits per heavy atom. The molecule has 0 spiro atoms. The number of hydrogen-bond acceptors (Lipinski definition) is 3. The first-order valence-electron chi connectivity index (χ1n) is 8.27. The first kappa shape index (κ1) is 18.2. The summed E-state index contributed by atoms with van der Waals surface area (Å²) >= 11 is 0. The highest BCUT2D eigenvalue weighted by molar-refractivity contribution is 5.79. The third-order valence-electron chi connectivity index (χ3n) is 4.32. The van der Waals surface area contributed by atoms with Crippen LogP contribution >= 0.6 is 0 Å². The first-order valence-corrected chi connectivity index (χ1v) is 8.27. The van der Waals surface area contributed by atoms with Crippen molar-refractivity contribution in [2.24, 2.45) is 10.4 Å². The van der Waals surface area contributed by atoms with Gasteiger partial charge in [-0.2, -0.15) is 0 Å². The van der Waals surface area contributed by atoms with E-state index in [0.717, 1.165) is 58.1 Å². The second-order valence-electron chi connectivity index (χ2n) is 5.85. The number of rotatable bonds is 11. The number of nitrogens with one attached hydrogen (secondary N) is 2. The van der Waals surface area contributed by atoms with E-state index < -0.39 is 0 Å². The van der Waals surface area contributed by atoms with E-state index in [1.807, 2.05) is 14.0 Å². The molecule has 0 aromatic carbocycles. The second kappa shape index (κ2) is 10.9. The fourth-order valence-corrected chi connectivity index (χ4v) is 2.68. The molecule has 1 saturated carbocycles. The quantitative estimate of drug-likeness (QED) is 0.349. The lowest BCUT2D eigenvalue weighted by Crippen LogP contribution is -2.47. The summed E-state index contributed by atoms with van der Waals surface area (Å²) in [6.07, 6.45) is 7.28. The van der Waals surface area contributed by atoms with Crippen molar-refractivity contribution < 1.29 is 9.47 Å². The molecule has 5 nitrogen and oxygen atoms in total. The lowest BCUT2D eigenvalue weighted by molar-refractivity contribution is 0.0732. The maximum atomic E-state index is 5.33. The molecule has 0 amide bonds. The summed E-state index contributed by atoms with van der Waals surface area (Å²) in [5.74, 6) is 0.912. The lowest BCUT2D eigenvalue weighted by atomic mass is 9.67. The van der Waals surface area contributed by atoms with E-state index in [9.17, 15) is 0 Å². The van der Waals surface area contributed by atoms with Crippen molar-refractivity contribution in [1.82, 2.24) is 10.6 Å². The lowest BCUT2D eigenvalue weighted by Gasteiger charge is -2.42. The summed E-state index contributed by atoms with van der Waals surface area (Å²) in [5, 5.41) is 6.85. The molecule has 1 rings (SSSR count). The van der Waals surface area contributed by atoms with Gasteiger partial charge in [0, 0.05) is 47.1 Å². The van der Waals surface area contributed by atoms with Crippen molar-refractivity contribution in [2.45, 2.75) is 45.4 Å². The molecule has 1 fully saturated rings. The van der Waals surface area contributed by atoms with Gasteiger partial charge >= 0.3 is 0 Å². The minimum atomic E-state index is 0.419. The number of guanidine groups is 1. The van der Waals surface area contributed by atoms with Crippen molar-refractivity contribution in [1.29, 1.82) is 0 Å². The Labute approximate surface area is 129 Å². The number of methoxy groups -OCH3 is 1.